The summed E-state index contributed by atoms with van der Waals surface area (Å²) in [5, 5.41) is 0. The van der Waals surface area contributed by atoms with Crippen LogP contribution in [0.25, 0.3) is 0 Å². The Hall–Kier alpha value is -4.89. The van der Waals surface area contributed by atoms with Gasteiger partial charge in [-0.1, -0.05) is 318 Å². The molecule has 0 aromatic rings. The van der Waals surface area contributed by atoms with E-state index in [2.05, 4.69) is 196 Å². The Kier molecular flexibility index (Phi) is 70.2. The predicted octanol–water partition coefficient (Wildman–Crippen LogP) is 24.3. The van der Waals surface area contributed by atoms with E-state index < -0.39 is 26.5 Å². The first-order valence-corrected chi connectivity index (χ1v) is 37.8. The number of nitrogens with two attached hydrogens (primary N) is 1. The molecular weight excluding hydrogens is 1150 g/mol. The number of ether oxygens (including phenoxy) is 2. The van der Waals surface area contributed by atoms with Crippen molar-refractivity contribution < 1.29 is 37.6 Å². The SMILES string of the molecule is CC/C=C\C/C=C\C/C=C\C/C=C\C/C=C\C/C=C\C/C=C\C/C=C\C/C=C\C/C=C\CCCCCCCCC(=O)OC(COC(=O)CCCCCCCCCCCCCCCCCCC/C=C\C/C=C\C/C=C\C/C=C\C/C=C\CC)COP(=O)(O)OCCN. The molecule has 0 aliphatic rings. The van der Waals surface area contributed by atoms with Crippen molar-refractivity contribution in [1.29, 1.82) is 0 Å². The van der Waals surface area contributed by atoms with Gasteiger partial charge in [-0.15, -0.1) is 0 Å². The van der Waals surface area contributed by atoms with E-state index >= 15 is 0 Å². The largest absolute Gasteiger partial charge is 0.472 e. The molecule has 91 heavy (non-hydrogen) atoms. The maximum atomic E-state index is 12.8. The fourth-order valence-corrected chi connectivity index (χ4v) is 10.3. The Balaban J connectivity index is 3.97. The molecule has 514 valence electrons. The van der Waals surface area contributed by atoms with Crippen LogP contribution in [0.3, 0.4) is 0 Å². The van der Waals surface area contributed by atoms with Gasteiger partial charge in [0.25, 0.3) is 0 Å². The van der Waals surface area contributed by atoms with E-state index in [9.17, 15) is 19.0 Å². The molecule has 0 rings (SSSR count). The van der Waals surface area contributed by atoms with Crippen LogP contribution in [-0.2, 0) is 32.7 Å². The van der Waals surface area contributed by atoms with Gasteiger partial charge in [0.1, 0.15) is 6.61 Å². The average molecular weight is 1280 g/mol. The first-order valence-electron chi connectivity index (χ1n) is 36.3. The molecule has 2 unspecified atom stereocenters. The number of phosphoric acid groups is 1. The van der Waals surface area contributed by atoms with Crippen LogP contribution in [0, 0.1) is 0 Å². The van der Waals surface area contributed by atoms with Crippen molar-refractivity contribution in [3.63, 3.8) is 0 Å². The van der Waals surface area contributed by atoms with E-state index in [-0.39, 0.29) is 38.6 Å². The molecule has 2 atom stereocenters. The van der Waals surface area contributed by atoms with Crippen LogP contribution < -0.4 is 5.73 Å². The summed E-state index contributed by atoms with van der Waals surface area (Å²) in [6, 6.07) is 0. The minimum Gasteiger partial charge on any atom is -0.462 e. The Morgan fingerprint density at radius 2 is 0.571 bits per heavy atom. The summed E-state index contributed by atoms with van der Waals surface area (Å²) in [6.45, 7) is 3.50. The molecule has 3 N–H and O–H groups in total. The maximum absolute atomic E-state index is 12.8. The molecule has 0 aromatic carbocycles. The van der Waals surface area contributed by atoms with Gasteiger partial charge in [0.05, 0.1) is 13.2 Å². The lowest BCUT2D eigenvalue weighted by molar-refractivity contribution is -0.161. The van der Waals surface area contributed by atoms with Crippen LogP contribution in [0.4, 0.5) is 0 Å². The number of phosphoric ester groups is 1. The van der Waals surface area contributed by atoms with E-state index in [0.717, 1.165) is 154 Å². The first-order chi connectivity index (χ1) is 44.8. The molecule has 0 aliphatic heterocycles. The van der Waals surface area contributed by atoms with Gasteiger partial charge in [0.15, 0.2) is 6.10 Å². The van der Waals surface area contributed by atoms with Crippen LogP contribution in [-0.4, -0.2) is 49.3 Å². The number of rotatable bonds is 66. The first kappa shape index (κ1) is 86.1. The highest BCUT2D eigenvalue weighted by Gasteiger charge is 2.26. The maximum Gasteiger partial charge on any atom is 0.472 e. The molecule has 0 bridgehead atoms. The number of unbranched alkanes of at least 4 members (excludes halogenated alkanes) is 23. The zero-order valence-corrected chi connectivity index (χ0v) is 58.6. The lowest BCUT2D eigenvalue weighted by atomic mass is 10.0. The third kappa shape index (κ3) is 74.0. The number of esters is 2. The number of hydrogen-bond acceptors (Lipinski definition) is 8. The normalized spacial score (nSPS) is 14.0. The molecule has 0 aliphatic carbocycles. The van der Waals surface area contributed by atoms with Crippen LogP contribution in [0.15, 0.2) is 182 Å². The van der Waals surface area contributed by atoms with E-state index in [1.54, 1.807) is 0 Å². The second kappa shape index (κ2) is 74.2. The van der Waals surface area contributed by atoms with Gasteiger partial charge in [-0.05, 0) is 135 Å². The van der Waals surface area contributed by atoms with Crippen molar-refractivity contribution in [3.8, 4) is 0 Å². The van der Waals surface area contributed by atoms with E-state index in [4.69, 9.17) is 24.3 Å². The standard InChI is InChI=1S/C81H132NO8P/c1-3-5-7-9-11-13-15-17-19-21-23-25-27-29-31-33-35-37-38-39-40-42-44-46-48-50-52-54-56-58-60-62-64-66-68-70-72-74-81(84)90-79(78-89-91(85,86)88-76-75-82)77-87-80(83)73-71-69-67-65-63-61-59-57-55-53-51-49-47-45-43-41-36-34-32-30-28-26-24-22-20-18-16-14-12-10-8-6-4-2/h5-8,11-14,17-20,23-26,29-32,35,37,39-40,44,46,50,52,56,58,79H,3-4,9-10,15-16,21-22,27-28,33-34,36,38,41-43,45,47-49,51,53-55,57,59-78,82H2,1-2H3,(H,85,86)/b7-5-,8-6-,13-11-,14-12-,19-17-,20-18-,25-23-,26-24-,31-29-,32-30-,37-35-,40-39-,46-44-,52-50-,58-56-. The fraction of sp³-hybridized carbons (Fsp3) is 0.605. The van der Waals surface area contributed by atoms with Crippen molar-refractivity contribution >= 4 is 19.8 Å². The van der Waals surface area contributed by atoms with E-state index in [0.29, 0.717) is 6.42 Å². The summed E-state index contributed by atoms with van der Waals surface area (Å²) in [5.41, 5.74) is 5.40. The molecule has 0 spiro atoms. The molecule has 10 heteroatoms. The minimum atomic E-state index is -4.41. The average Bonchev–Trinajstić information content (AvgIpc) is 3.74. The molecule has 0 saturated heterocycles. The Labute approximate surface area is 558 Å². The zero-order chi connectivity index (χ0) is 65.8. The van der Waals surface area contributed by atoms with Crippen molar-refractivity contribution in [2.45, 2.75) is 290 Å². The van der Waals surface area contributed by atoms with Gasteiger partial charge in [-0.2, -0.15) is 0 Å². The molecule has 0 amide bonds. The van der Waals surface area contributed by atoms with Gasteiger partial charge in [-0.3, -0.25) is 18.6 Å². The summed E-state index contributed by atoms with van der Waals surface area (Å²) in [7, 11) is -4.41. The third-order valence-electron chi connectivity index (χ3n) is 14.8. The van der Waals surface area contributed by atoms with Crippen molar-refractivity contribution in [3.05, 3.63) is 182 Å². The van der Waals surface area contributed by atoms with E-state index in [1.807, 2.05) is 0 Å². The number of carbonyl (C=O) groups is 2. The van der Waals surface area contributed by atoms with Crippen LogP contribution >= 0.6 is 7.82 Å². The molecule has 0 heterocycles. The van der Waals surface area contributed by atoms with Gasteiger partial charge in [0, 0.05) is 19.4 Å². The second-order valence-electron chi connectivity index (χ2n) is 23.3. The Morgan fingerprint density at radius 3 is 0.846 bits per heavy atom. The summed E-state index contributed by atoms with van der Waals surface area (Å²) in [5.74, 6) is -0.850. The Bertz CT molecular complexity index is 2150. The van der Waals surface area contributed by atoms with Crippen molar-refractivity contribution in [1.82, 2.24) is 0 Å². The summed E-state index contributed by atoms with van der Waals surface area (Å²) in [6.07, 6.45) is 111. The fourth-order valence-electron chi connectivity index (χ4n) is 9.52. The highest BCUT2D eigenvalue weighted by Crippen LogP contribution is 2.43. The minimum absolute atomic E-state index is 0.0426. The van der Waals surface area contributed by atoms with Gasteiger partial charge >= 0.3 is 19.8 Å². The van der Waals surface area contributed by atoms with Gasteiger partial charge < -0.3 is 20.1 Å². The van der Waals surface area contributed by atoms with Crippen LogP contribution in [0.2, 0.25) is 0 Å². The highest BCUT2D eigenvalue weighted by molar-refractivity contribution is 7.47. The lowest BCUT2D eigenvalue weighted by Crippen LogP contribution is -2.29. The molecule has 0 radical (unpaired) electrons. The summed E-state index contributed by atoms with van der Waals surface area (Å²) >= 11 is 0. The van der Waals surface area contributed by atoms with Crippen LogP contribution in [0.1, 0.15) is 284 Å². The van der Waals surface area contributed by atoms with Gasteiger partial charge in [0.2, 0.25) is 0 Å². The molecular formula is C81H132NO8P. The smallest absolute Gasteiger partial charge is 0.462 e. The van der Waals surface area contributed by atoms with E-state index in [1.165, 1.54) is 96.3 Å². The summed E-state index contributed by atoms with van der Waals surface area (Å²) in [4.78, 5) is 35.4. The molecule has 0 fully saturated rings. The highest BCUT2D eigenvalue weighted by atomic mass is 31.2. The number of hydrogen-bond donors (Lipinski definition) is 2. The van der Waals surface area contributed by atoms with Gasteiger partial charge in [-0.25, -0.2) is 4.57 Å². The third-order valence-corrected chi connectivity index (χ3v) is 15.8. The Morgan fingerprint density at radius 1 is 0.330 bits per heavy atom. The van der Waals surface area contributed by atoms with Crippen LogP contribution in [0.5, 0.6) is 0 Å². The quantitative estimate of drug-likeness (QED) is 0.0264. The molecule has 0 aromatic heterocycles. The lowest BCUT2D eigenvalue weighted by Gasteiger charge is -2.19. The second-order valence-corrected chi connectivity index (χ2v) is 24.8. The molecule has 9 nitrogen and oxygen atoms in total. The van der Waals surface area contributed by atoms with Crippen molar-refractivity contribution in [2.75, 3.05) is 26.4 Å². The topological polar surface area (TPSA) is 134 Å². The molecule has 0 saturated carbocycles. The predicted molar refractivity (Wildman–Crippen MR) is 394 cm³/mol. The number of allylic oxidation sites excluding steroid dienone is 30. The summed E-state index contributed by atoms with van der Waals surface area (Å²) < 4.78 is 33.2. The monoisotopic (exact) mass is 1280 g/mol. The van der Waals surface area contributed by atoms with Crippen molar-refractivity contribution in [2.24, 2.45) is 5.73 Å². The zero-order valence-electron chi connectivity index (χ0n) is 57.8. The number of carbonyl (C=O) groups excluding carboxylic acids is 2.